The maximum Gasteiger partial charge on any atom is 0.254 e. The maximum atomic E-state index is 6.09. The van der Waals surface area contributed by atoms with E-state index in [2.05, 4.69) is 25.0 Å². The van der Waals surface area contributed by atoms with Gasteiger partial charge in [0.25, 0.3) is 5.78 Å². The summed E-state index contributed by atoms with van der Waals surface area (Å²) >= 11 is 7.48. The van der Waals surface area contributed by atoms with Crippen LogP contribution in [0.1, 0.15) is 11.1 Å². The van der Waals surface area contributed by atoms with Crippen molar-refractivity contribution in [2.24, 2.45) is 0 Å². The molecule has 0 N–H and O–H groups in total. The van der Waals surface area contributed by atoms with Gasteiger partial charge in [-0.15, -0.1) is 0 Å². The molecule has 8 heteroatoms. The molecule has 0 radical (unpaired) electrons. The second kappa shape index (κ2) is 4.75. The number of nitrogens with zero attached hydrogens (tertiary/aromatic N) is 6. The fourth-order valence-electron chi connectivity index (χ4n) is 1.51. The molecule has 0 aromatic carbocycles. The van der Waals surface area contributed by atoms with Gasteiger partial charge in [-0.1, -0.05) is 11.6 Å². The molecule has 0 aliphatic carbocycles. The molecule has 0 amide bonds. The smallest absolute Gasteiger partial charge is 0.231 e. The zero-order chi connectivity index (χ0) is 13.4. The first kappa shape index (κ1) is 12.3. The summed E-state index contributed by atoms with van der Waals surface area (Å²) in [5.74, 6) is 0.463. The van der Waals surface area contributed by atoms with Crippen LogP contribution in [0.25, 0.3) is 5.78 Å². The van der Waals surface area contributed by atoms with E-state index in [1.807, 2.05) is 13.8 Å². The lowest BCUT2D eigenvalue weighted by atomic mass is 10.4. The lowest BCUT2D eigenvalue weighted by molar-refractivity contribution is 0.820. The summed E-state index contributed by atoms with van der Waals surface area (Å²) in [4.78, 5) is 16.7. The molecule has 0 spiro atoms. The fourth-order valence-corrected chi connectivity index (χ4v) is 2.58. The van der Waals surface area contributed by atoms with Gasteiger partial charge in [0.1, 0.15) is 16.5 Å². The highest BCUT2D eigenvalue weighted by Gasteiger charge is 2.14. The van der Waals surface area contributed by atoms with Gasteiger partial charge in [0.15, 0.2) is 5.16 Å². The van der Waals surface area contributed by atoms with Crippen LogP contribution >= 0.6 is 23.4 Å². The van der Waals surface area contributed by atoms with Gasteiger partial charge in [0.2, 0.25) is 0 Å². The molecule has 3 rings (SSSR count). The van der Waals surface area contributed by atoms with Crippen LogP contribution in [0, 0.1) is 13.8 Å². The van der Waals surface area contributed by atoms with Gasteiger partial charge in [-0.3, -0.25) is 0 Å². The van der Waals surface area contributed by atoms with Crippen molar-refractivity contribution < 1.29 is 0 Å². The molecule has 19 heavy (non-hydrogen) atoms. The van der Waals surface area contributed by atoms with Crippen molar-refractivity contribution in [1.29, 1.82) is 0 Å². The van der Waals surface area contributed by atoms with E-state index in [1.54, 1.807) is 16.9 Å². The summed E-state index contributed by atoms with van der Waals surface area (Å²) in [7, 11) is 0. The maximum absolute atomic E-state index is 6.09. The van der Waals surface area contributed by atoms with Crippen molar-refractivity contribution in [3.63, 3.8) is 0 Å². The summed E-state index contributed by atoms with van der Waals surface area (Å²) in [5.41, 5.74) is 1.84. The minimum absolute atomic E-state index is 0.412. The standard InChI is InChI=1S/C11H9ClN6S/c1-6-3-13-11(14-4-6)19-9-7(2)8(12)17-10-15-5-16-18(9)10/h3-5H,1-2H3. The van der Waals surface area contributed by atoms with Crippen molar-refractivity contribution in [3.05, 3.63) is 35.0 Å². The van der Waals surface area contributed by atoms with E-state index in [1.165, 1.54) is 18.1 Å². The van der Waals surface area contributed by atoms with Crippen molar-refractivity contribution in [1.82, 2.24) is 29.5 Å². The Hall–Kier alpha value is -1.73. The molecule has 6 nitrogen and oxygen atoms in total. The number of aromatic nitrogens is 6. The molecule has 3 aromatic rings. The quantitative estimate of drug-likeness (QED) is 0.533. The largest absolute Gasteiger partial charge is 0.254 e. The molecule has 0 saturated heterocycles. The Morgan fingerprint density at radius 2 is 1.89 bits per heavy atom. The van der Waals surface area contributed by atoms with Crippen molar-refractivity contribution >= 4 is 29.1 Å². The minimum Gasteiger partial charge on any atom is -0.231 e. The predicted molar refractivity (Wildman–Crippen MR) is 71.4 cm³/mol. The van der Waals surface area contributed by atoms with E-state index in [0.29, 0.717) is 16.1 Å². The van der Waals surface area contributed by atoms with Crippen LogP contribution in [-0.4, -0.2) is 29.5 Å². The Balaban J connectivity index is 2.11. The molecule has 3 aromatic heterocycles. The Labute approximate surface area is 118 Å². The van der Waals surface area contributed by atoms with Gasteiger partial charge in [-0.2, -0.15) is 19.6 Å². The van der Waals surface area contributed by atoms with E-state index >= 15 is 0 Å². The number of halogens is 1. The SMILES string of the molecule is Cc1cnc(Sc2c(C)c(Cl)nc3ncnn23)nc1. The Bertz CT molecular complexity index is 739. The number of fused-ring (bicyclic) bond motifs is 1. The highest BCUT2D eigenvalue weighted by atomic mass is 35.5. The molecule has 96 valence electrons. The zero-order valence-electron chi connectivity index (χ0n) is 10.2. The molecule has 0 fully saturated rings. The van der Waals surface area contributed by atoms with Crippen LogP contribution < -0.4 is 0 Å². The third kappa shape index (κ3) is 2.26. The Morgan fingerprint density at radius 3 is 2.63 bits per heavy atom. The second-order valence-electron chi connectivity index (χ2n) is 3.95. The normalized spacial score (nSPS) is 11.1. The summed E-state index contributed by atoms with van der Waals surface area (Å²) < 4.78 is 1.63. The molecule has 0 aliphatic rings. The zero-order valence-corrected chi connectivity index (χ0v) is 11.8. The highest BCUT2D eigenvalue weighted by Crippen LogP contribution is 2.30. The summed E-state index contributed by atoms with van der Waals surface area (Å²) in [5, 5.41) is 6.00. The van der Waals surface area contributed by atoms with Crippen molar-refractivity contribution in [3.8, 4) is 0 Å². The van der Waals surface area contributed by atoms with E-state index in [-0.39, 0.29) is 0 Å². The summed E-state index contributed by atoms with van der Waals surface area (Å²) in [6, 6.07) is 0. The van der Waals surface area contributed by atoms with Gasteiger partial charge < -0.3 is 0 Å². The third-order valence-corrected chi connectivity index (χ3v) is 3.93. The highest BCUT2D eigenvalue weighted by molar-refractivity contribution is 7.99. The monoisotopic (exact) mass is 292 g/mol. The molecular weight excluding hydrogens is 284 g/mol. The Morgan fingerprint density at radius 1 is 1.16 bits per heavy atom. The minimum atomic E-state index is 0.412. The van der Waals surface area contributed by atoms with E-state index in [9.17, 15) is 0 Å². The first-order valence-corrected chi connectivity index (χ1v) is 6.67. The van der Waals surface area contributed by atoms with E-state index in [0.717, 1.165) is 16.2 Å². The van der Waals surface area contributed by atoms with Gasteiger partial charge in [-0.05, 0) is 31.2 Å². The predicted octanol–water partition coefficient (Wildman–Crippen LogP) is 2.34. The topological polar surface area (TPSA) is 68.9 Å². The summed E-state index contributed by atoms with van der Waals surface area (Å²) in [6.07, 6.45) is 4.98. The molecule has 3 heterocycles. The number of aryl methyl sites for hydroxylation is 1. The van der Waals surface area contributed by atoms with Gasteiger partial charge in [0.05, 0.1) is 0 Å². The summed E-state index contributed by atoms with van der Waals surface area (Å²) in [6.45, 7) is 3.83. The fraction of sp³-hybridized carbons (Fsp3) is 0.182. The lowest BCUT2D eigenvalue weighted by Crippen LogP contribution is -2.00. The lowest BCUT2D eigenvalue weighted by Gasteiger charge is -2.07. The van der Waals surface area contributed by atoms with Gasteiger partial charge in [-0.25, -0.2) is 9.97 Å². The first-order valence-electron chi connectivity index (χ1n) is 5.47. The van der Waals surface area contributed by atoms with Crippen LogP contribution in [0.5, 0.6) is 0 Å². The van der Waals surface area contributed by atoms with Crippen LogP contribution in [0.15, 0.2) is 28.9 Å². The van der Waals surface area contributed by atoms with Crippen LogP contribution in [0.3, 0.4) is 0 Å². The van der Waals surface area contributed by atoms with Gasteiger partial charge in [0, 0.05) is 18.0 Å². The molecule has 0 unspecified atom stereocenters. The molecule has 0 atom stereocenters. The molecular formula is C11H9ClN6S. The number of rotatable bonds is 2. The third-order valence-electron chi connectivity index (χ3n) is 2.50. The number of hydrogen-bond donors (Lipinski definition) is 0. The van der Waals surface area contributed by atoms with E-state index < -0.39 is 0 Å². The van der Waals surface area contributed by atoms with Crippen LogP contribution in [-0.2, 0) is 0 Å². The first-order chi connectivity index (χ1) is 9.15. The average molecular weight is 293 g/mol. The van der Waals surface area contributed by atoms with Gasteiger partial charge >= 0.3 is 0 Å². The van der Waals surface area contributed by atoms with Crippen molar-refractivity contribution in [2.45, 2.75) is 24.0 Å². The van der Waals surface area contributed by atoms with Crippen molar-refractivity contribution in [2.75, 3.05) is 0 Å². The van der Waals surface area contributed by atoms with Crippen LogP contribution in [0.4, 0.5) is 0 Å². The average Bonchev–Trinajstić information content (AvgIpc) is 2.85. The van der Waals surface area contributed by atoms with E-state index in [4.69, 9.17) is 11.6 Å². The Kier molecular flexibility index (Phi) is 3.08. The molecule has 0 bridgehead atoms. The number of hydrogen-bond acceptors (Lipinski definition) is 6. The second-order valence-corrected chi connectivity index (χ2v) is 5.26. The van der Waals surface area contributed by atoms with Crippen LogP contribution in [0.2, 0.25) is 5.15 Å². The molecule has 0 saturated carbocycles. The molecule has 0 aliphatic heterocycles.